The third-order valence-corrected chi connectivity index (χ3v) is 17.4. The molecule has 0 spiro atoms. The molecule has 372 valence electrons. The van der Waals surface area contributed by atoms with Crippen LogP contribution in [-0.2, 0) is 52.3 Å². The largest absolute Gasteiger partial charge is 0.458 e. The van der Waals surface area contributed by atoms with Crippen molar-refractivity contribution in [1.29, 1.82) is 0 Å². The topological polar surface area (TPSA) is 189 Å². The first-order valence-electron chi connectivity index (χ1n) is 23.3. The van der Waals surface area contributed by atoms with Gasteiger partial charge in [-0.3, -0.25) is 14.4 Å². The first-order chi connectivity index (χ1) is 30.5. The van der Waals surface area contributed by atoms with Crippen LogP contribution in [-0.4, -0.2) is 162 Å². The number of esters is 2. The molecule has 0 saturated carbocycles. The predicted octanol–water partition coefficient (Wildman–Crippen LogP) is 5.48. The van der Waals surface area contributed by atoms with Gasteiger partial charge in [-0.25, -0.2) is 0 Å². The number of rotatable bonds is 15. The highest BCUT2D eigenvalue weighted by atomic mass is 33.1. The van der Waals surface area contributed by atoms with E-state index in [4.69, 9.17) is 44.3 Å². The summed E-state index contributed by atoms with van der Waals surface area (Å²) >= 11 is 0. The van der Waals surface area contributed by atoms with Crippen LogP contribution in [0, 0.1) is 36.0 Å². The van der Waals surface area contributed by atoms with E-state index in [0.717, 1.165) is 18.6 Å². The highest BCUT2D eigenvalue weighted by Gasteiger charge is 2.55. The van der Waals surface area contributed by atoms with Gasteiger partial charge in [0.1, 0.15) is 24.1 Å². The zero-order chi connectivity index (χ0) is 48.6. The van der Waals surface area contributed by atoms with E-state index in [-0.39, 0.29) is 37.7 Å². The summed E-state index contributed by atoms with van der Waals surface area (Å²) in [5.74, 6) is -2.18. The van der Waals surface area contributed by atoms with Crippen molar-refractivity contribution < 1.29 is 67.6 Å². The maximum atomic E-state index is 14.5. The molecule has 17 heteroatoms. The second-order valence-corrected chi connectivity index (χ2v) is 22.2. The Kier molecular flexibility index (Phi) is 20.7. The summed E-state index contributed by atoms with van der Waals surface area (Å²) in [6.45, 7) is 17.5. The summed E-state index contributed by atoms with van der Waals surface area (Å²) in [5, 5.41) is 35.2. The fourth-order valence-corrected chi connectivity index (χ4v) is 13.1. The van der Waals surface area contributed by atoms with Crippen molar-refractivity contribution in [3.8, 4) is 12.3 Å². The van der Waals surface area contributed by atoms with Crippen molar-refractivity contribution in [2.75, 3.05) is 34.1 Å². The SMILES string of the molecule is C#C[C@]1(O)[C@H](O)[C@@H](C)C(=O)[C@H](C)C[C@@](C)(OC)[C@H](O[C@@H]2O[C@H](C=C)C[C@H](N(C)C)[C@H]2OC(=O)CCCC[C@@H]2CCSS2)[C@@H](C)[C@H](O[C@H]2C[C@@](C)(OC)[C@@H](O)[C@H](C)O2)[C@@H](C)C(=O)O[C@@H]1CC. The lowest BCUT2D eigenvalue weighted by molar-refractivity contribution is -0.318. The highest BCUT2D eigenvalue weighted by Crippen LogP contribution is 2.43. The van der Waals surface area contributed by atoms with Crippen LogP contribution in [0.4, 0.5) is 0 Å². The quantitative estimate of drug-likeness (QED) is 0.0615. The van der Waals surface area contributed by atoms with Crippen molar-refractivity contribution in [2.24, 2.45) is 23.7 Å². The van der Waals surface area contributed by atoms with E-state index in [0.29, 0.717) is 18.1 Å². The maximum Gasteiger partial charge on any atom is 0.311 e. The molecule has 0 aliphatic carbocycles. The Hall–Kier alpha value is -1.79. The molecule has 0 aromatic heterocycles. The molecular formula is C48H79NO14S2. The van der Waals surface area contributed by atoms with Crippen LogP contribution < -0.4 is 0 Å². The van der Waals surface area contributed by atoms with Crippen molar-refractivity contribution >= 4 is 39.3 Å². The number of carbonyl (C=O) groups excluding carboxylic acids is 3. The summed E-state index contributed by atoms with van der Waals surface area (Å²) in [5.41, 5.74) is -4.89. The molecule has 19 atom stereocenters. The zero-order valence-electron chi connectivity index (χ0n) is 40.8. The van der Waals surface area contributed by atoms with Gasteiger partial charge in [0.2, 0.25) is 0 Å². The fraction of sp³-hybridized carbons (Fsp3) is 0.854. The third kappa shape index (κ3) is 13.1. The number of aliphatic hydroxyl groups is 3. The van der Waals surface area contributed by atoms with Gasteiger partial charge in [-0.15, -0.1) is 13.0 Å². The number of unbranched alkanes of at least 4 members (excludes halogenated alkanes) is 1. The number of hydrogen-bond donors (Lipinski definition) is 3. The lowest BCUT2D eigenvalue weighted by Gasteiger charge is -2.50. The molecule has 4 fully saturated rings. The fourth-order valence-electron chi connectivity index (χ4n) is 10.0. The molecule has 0 unspecified atom stereocenters. The van der Waals surface area contributed by atoms with Crippen molar-refractivity contribution in [2.45, 2.75) is 203 Å². The van der Waals surface area contributed by atoms with E-state index in [1.54, 1.807) is 47.6 Å². The zero-order valence-corrected chi connectivity index (χ0v) is 42.4. The van der Waals surface area contributed by atoms with Crippen LogP contribution in [0.3, 0.4) is 0 Å². The van der Waals surface area contributed by atoms with Crippen LogP contribution in [0.1, 0.15) is 113 Å². The molecule has 4 rings (SSSR count). The Balaban J connectivity index is 1.85. The molecule has 0 aromatic rings. The van der Waals surface area contributed by atoms with Gasteiger partial charge < -0.3 is 58.1 Å². The number of ether oxygens (including phenoxy) is 8. The van der Waals surface area contributed by atoms with Crippen LogP contribution in [0.2, 0.25) is 0 Å². The first kappa shape index (κ1) is 55.8. The van der Waals surface area contributed by atoms with Crippen LogP contribution in [0.15, 0.2) is 12.7 Å². The highest BCUT2D eigenvalue weighted by molar-refractivity contribution is 8.77. The molecular weight excluding hydrogens is 879 g/mol. The van der Waals surface area contributed by atoms with Gasteiger partial charge >= 0.3 is 11.9 Å². The smallest absolute Gasteiger partial charge is 0.311 e. The molecule has 15 nitrogen and oxygen atoms in total. The molecule has 0 aromatic carbocycles. The third-order valence-electron chi connectivity index (χ3n) is 14.4. The van der Waals surface area contributed by atoms with Crippen molar-refractivity contribution in [1.82, 2.24) is 4.90 Å². The molecule has 4 heterocycles. The number of terminal acetylenes is 1. The molecule has 0 amide bonds. The van der Waals surface area contributed by atoms with E-state index >= 15 is 0 Å². The van der Waals surface area contributed by atoms with Gasteiger partial charge in [-0.2, -0.15) is 0 Å². The number of ketones is 1. The second-order valence-electron chi connectivity index (χ2n) is 19.4. The van der Waals surface area contributed by atoms with E-state index in [9.17, 15) is 29.7 Å². The number of carbonyl (C=O) groups is 3. The summed E-state index contributed by atoms with van der Waals surface area (Å²) in [6.07, 6.45) is 1.31. The van der Waals surface area contributed by atoms with Gasteiger partial charge in [0, 0.05) is 55.8 Å². The molecule has 65 heavy (non-hydrogen) atoms. The molecule has 4 aliphatic rings. The number of likely N-dealkylation sites (N-methyl/N-ethyl adjacent to an activating group) is 1. The van der Waals surface area contributed by atoms with Gasteiger partial charge in [0.05, 0.1) is 47.6 Å². The predicted molar refractivity (Wildman–Crippen MR) is 250 cm³/mol. The van der Waals surface area contributed by atoms with Crippen LogP contribution in [0.5, 0.6) is 0 Å². The number of aliphatic hydroxyl groups excluding tert-OH is 2. The number of cyclic esters (lactones) is 1. The Labute approximate surface area is 395 Å². The summed E-state index contributed by atoms with van der Waals surface area (Å²) in [6, 6.07) is -0.366. The van der Waals surface area contributed by atoms with Crippen molar-refractivity contribution in [3.05, 3.63) is 12.7 Å². The monoisotopic (exact) mass is 957 g/mol. The lowest BCUT2D eigenvalue weighted by atomic mass is 9.73. The average Bonchev–Trinajstić information content (AvgIpc) is 3.81. The Morgan fingerprint density at radius 2 is 1.66 bits per heavy atom. The molecule has 0 radical (unpaired) electrons. The second kappa shape index (κ2) is 24.2. The van der Waals surface area contributed by atoms with Crippen molar-refractivity contribution in [3.63, 3.8) is 0 Å². The first-order valence-corrected chi connectivity index (χ1v) is 25.7. The summed E-state index contributed by atoms with van der Waals surface area (Å²) < 4.78 is 51.4. The Morgan fingerprint density at radius 3 is 2.23 bits per heavy atom. The van der Waals surface area contributed by atoms with Gasteiger partial charge in [-0.05, 0) is 80.3 Å². The molecule has 4 aliphatic heterocycles. The Morgan fingerprint density at radius 1 is 0.985 bits per heavy atom. The Bertz CT molecular complexity index is 1630. The van der Waals surface area contributed by atoms with Gasteiger partial charge in [-0.1, -0.05) is 67.7 Å². The van der Waals surface area contributed by atoms with E-state index in [1.165, 1.54) is 27.6 Å². The van der Waals surface area contributed by atoms with E-state index in [1.807, 2.05) is 47.5 Å². The van der Waals surface area contributed by atoms with Gasteiger partial charge in [0.15, 0.2) is 24.3 Å². The number of Topliss-reactive ketones (excluding diaryl/α,β-unsaturated/α-hetero) is 1. The number of nitrogens with zero attached hydrogens (tertiary/aromatic N) is 1. The molecule has 3 N–H and O–H groups in total. The van der Waals surface area contributed by atoms with E-state index < -0.39 is 114 Å². The summed E-state index contributed by atoms with van der Waals surface area (Å²) in [7, 11) is 10.6. The van der Waals surface area contributed by atoms with E-state index in [2.05, 4.69) is 12.5 Å². The normalized spacial score (nSPS) is 43.6. The maximum absolute atomic E-state index is 14.5. The number of hydrogen-bond acceptors (Lipinski definition) is 17. The molecule has 0 bridgehead atoms. The minimum atomic E-state index is -2.43. The van der Waals surface area contributed by atoms with Crippen LogP contribution in [0.25, 0.3) is 0 Å². The number of methoxy groups -OCH3 is 2. The lowest BCUT2D eigenvalue weighted by Crippen LogP contribution is -2.62. The summed E-state index contributed by atoms with van der Waals surface area (Å²) in [4.78, 5) is 44.6. The molecule has 4 saturated heterocycles. The minimum Gasteiger partial charge on any atom is -0.458 e. The average molecular weight is 958 g/mol. The minimum absolute atomic E-state index is 0.00393. The standard InChI is InChI=1S/C48H79NO14S2/c1-15-32-24-34(49(11)12)40(61-36(50)21-19-18-20-33-22-23-64-65-33)45(59-32)63-43-29(6)39(62-37-26-46(9,56-13)42(53)31(8)58-37)30(7)44(54)60-35(16-2)48(55,17-3)41(52)28(5)38(51)27(4)25-47(43,10)57-14/h3,15,27-35,37,39-43,45,52-53,55H,1,16,18-26H2,2,4-14H3/t27-,28+,29+,30-,31+,32-,33-,34+,35-,37+,39+,40-,41-,42+,43-,45+,46-,47-,48-/m1/s1. The van der Waals surface area contributed by atoms with Gasteiger partial charge in [0.25, 0.3) is 0 Å². The van der Waals surface area contributed by atoms with Crippen LogP contribution >= 0.6 is 21.6 Å².